The van der Waals surface area contributed by atoms with E-state index >= 15 is 0 Å². The Balaban J connectivity index is 0.000000261. The Morgan fingerprint density at radius 3 is 1.25 bits per heavy atom. The molecule has 6 aliphatic carbocycles. The molecule has 0 radical (unpaired) electrons. The van der Waals surface area contributed by atoms with Gasteiger partial charge in [-0.15, -0.1) is 0 Å². The molecule has 5 aromatic rings. The molecule has 0 spiro atoms. The first-order valence-electron chi connectivity index (χ1n) is 44.5. The van der Waals surface area contributed by atoms with Crippen molar-refractivity contribution in [2.45, 2.75) is 387 Å². The standard InChI is InChI=1S/C37H66Si2.C37H54Si2.C28H41ClSi2.2CH3.2ClH.Zr/c2*1-13-14-16-27-19-20-31(22-27)38(9,10)39(11,12)35-26(2)21-34-32(17-15-18-33(34)35)28-23-29(36(3,4)5)25-30(24-28)37(6,7)8;1-19-15-25-23(13-12-14-24(25)26(19)30(8,9)31(10,11)29)20-16-21(27(2,3)4)18-22(17-20)28(5,6)7;;;;;/h23-27,31-35H,13-22H2,1-12H3;15,17-25,31,35H,13-14,16H2,1-12H3;12-18,26H,1-11H3;2*1H3;2*1H;/q;;;2*-1;;;+4/p-2. The van der Waals surface area contributed by atoms with Crippen LogP contribution in [0.4, 0.5) is 0 Å². The SMILES string of the molecule is CC1=Cc2c(-c3cc(C(C)(C)C)cc(C(C)(C)C)c3)cccc2C1[Si](C)(C)[Si](C)(C)Cl.CCCCC1=CC([Si](C)(C)[Si](C)(C)C2C(C)=Cc3c(-c4cc(C(C)(C)C)cc(C(C)(C)C)c4)cccc32)C=C1.CCCCC1CCC([Si](C)(C)[Si](C)(C)C2C(C)CC3C(c4cc(C(C)(C)C)cc(C(C)(C)C)c4)CCCC32)C1.[CH3-].[CH3-].[Cl][Zr+2][Cl]. The molecule has 0 saturated heterocycles. The second-order valence-electron chi connectivity index (χ2n) is 46.2. The molecular formula is C104H167Cl3Si6Zr. The maximum atomic E-state index is 7.11. The van der Waals surface area contributed by atoms with Crippen LogP contribution in [0.2, 0.25) is 95.2 Å². The van der Waals surface area contributed by atoms with Crippen LogP contribution in [0.15, 0.2) is 126 Å². The third-order valence-electron chi connectivity index (χ3n) is 30.7. The van der Waals surface area contributed by atoms with Crippen LogP contribution in [0.25, 0.3) is 34.4 Å². The summed E-state index contributed by atoms with van der Waals surface area (Å²) < 4.78 is 0. The van der Waals surface area contributed by atoms with E-state index in [0.29, 0.717) is 16.6 Å². The van der Waals surface area contributed by atoms with Gasteiger partial charge in [-0.1, -0.05) is 420 Å². The Morgan fingerprint density at radius 1 is 0.456 bits per heavy atom. The molecule has 0 amide bonds. The normalized spacial score (nSPS) is 22.7. The summed E-state index contributed by atoms with van der Waals surface area (Å²) in [5.74, 6) is 4.66. The molecule has 0 heterocycles. The minimum atomic E-state index is -1.75. The monoisotopic (exact) mass is 1780 g/mol. The van der Waals surface area contributed by atoms with Gasteiger partial charge in [0.05, 0.1) is 22.8 Å². The number of fused-ring (bicyclic) bond motifs is 3. The molecule has 11 rings (SSSR count). The second kappa shape index (κ2) is 38.1. The predicted molar refractivity (Wildman–Crippen MR) is 533 cm³/mol. The Morgan fingerprint density at radius 2 is 0.860 bits per heavy atom. The van der Waals surface area contributed by atoms with E-state index in [1.807, 2.05) is 0 Å². The van der Waals surface area contributed by atoms with Crippen LogP contribution >= 0.6 is 28.1 Å². The van der Waals surface area contributed by atoms with E-state index in [9.17, 15) is 0 Å². The molecule has 6 aliphatic rings. The second-order valence-corrected chi connectivity index (χ2v) is 100. The van der Waals surface area contributed by atoms with Gasteiger partial charge in [-0.2, -0.15) is 11.1 Å². The Kier molecular flexibility index (Phi) is 33.7. The number of benzene rings is 5. The van der Waals surface area contributed by atoms with Gasteiger partial charge >= 0.3 is 37.9 Å². The van der Waals surface area contributed by atoms with Gasteiger partial charge in [0.2, 0.25) is 0 Å². The molecule has 0 aliphatic heterocycles. The first-order chi connectivity index (χ1) is 51.3. The van der Waals surface area contributed by atoms with Crippen molar-refractivity contribution in [3.8, 4) is 22.3 Å². The zero-order valence-electron chi connectivity index (χ0n) is 80.1. The van der Waals surface area contributed by atoms with Crippen molar-refractivity contribution < 1.29 is 20.8 Å². The fourth-order valence-corrected chi connectivity index (χ4v) is 54.9. The zero-order valence-corrected chi connectivity index (χ0v) is 90.9. The molecule has 5 aromatic carbocycles. The van der Waals surface area contributed by atoms with E-state index in [0.717, 1.165) is 40.7 Å². The van der Waals surface area contributed by atoms with E-state index < -0.39 is 65.7 Å². The van der Waals surface area contributed by atoms with E-state index in [2.05, 4.69) is 359 Å². The summed E-state index contributed by atoms with van der Waals surface area (Å²) >= 11 is 6.28. The van der Waals surface area contributed by atoms with Crippen LogP contribution in [-0.2, 0) is 53.3 Å². The van der Waals surface area contributed by atoms with Gasteiger partial charge in [-0.25, -0.2) is 0 Å². The molecule has 10 atom stereocenters. The first-order valence-corrected chi connectivity index (χ1v) is 73.2. The molecule has 0 nitrogen and oxygen atoms in total. The number of allylic oxidation sites excluding steroid dienone is 6. The van der Waals surface area contributed by atoms with Crippen molar-refractivity contribution in [3.63, 3.8) is 0 Å². The van der Waals surface area contributed by atoms with Crippen LogP contribution in [0.1, 0.15) is 321 Å². The van der Waals surface area contributed by atoms with Crippen molar-refractivity contribution in [1.29, 1.82) is 0 Å². The average molecular weight is 1780 g/mol. The molecule has 3 fully saturated rings. The number of rotatable bonds is 17. The number of halogens is 3. The van der Waals surface area contributed by atoms with Crippen molar-refractivity contribution in [2.75, 3.05) is 0 Å². The Labute approximate surface area is 734 Å². The summed E-state index contributed by atoms with van der Waals surface area (Å²) in [7, 11) is 2.30. The van der Waals surface area contributed by atoms with Crippen molar-refractivity contribution >= 4 is 85.1 Å². The molecule has 3 saturated carbocycles. The summed E-state index contributed by atoms with van der Waals surface area (Å²) in [5.41, 5.74) is 31.5. The van der Waals surface area contributed by atoms with Crippen LogP contribution in [-0.4, -0.2) is 44.9 Å². The van der Waals surface area contributed by atoms with Gasteiger partial charge in [-0.05, 0) is 213 Å². The van der Waals surface area contributed by atoms with Crippen LogP contribution < -0.4 is 0 Å². The molecule has 10 heteroatoms. The first kappa shape index (κ1) is 101. The van der Waals surface area contributed by atoms with Gasteiger partial charge in [0.25, 0.3) is 0 Å². The summed E-state index contributed by atoms with van der Waals surface area (Å²) in [4.78, 5) is 0. The van der Waals surface area contributed by atoms with Gasteiger partial charge in [0.15, 0.2) is 0 Å². The zero-order chi connectivity index (χ0) is 84.2. The van der Waals surface area contributed by atoms with Gasteiger partial charge in [0.1, 0.15) is 6.90 Å². The number of hydrogen-bond acceptors (Lipinski definition) is 0. The fraction of sp³-hybridized carbons (Fsp3) is 0.615. The van der Waals surface area contributed by atoms with E-state index in [1.54, 1.807) is 52.7 Å². The Bertz CT molecular complexity index is 4100. The van der Waals surface area contributed by atoms with Crippen molar-refractivity contribution in [3.05, 3.63) is 202 Å². The van der Waals surface area contributed by atoms with Crippen molar-refractivity contribution in [1.82, 2.24) is 0 Å². The summed E-state index contributed by atoms with van der Waals surface area (Å²) in [5, 5.41) is 0. The summed E-state index contributed by atoms with van der Waals surface area (Å²) in [6.07, 6.45) is 31.5. The fourth-order valence-electron chi connectivity index (χ4n) is 21.4. The van der Waals surface area contributed by atoms with Crippen LogP contribution in [0, 0.1) is 38.5 Å². The minimum absolute atomic E-state index is 0. The molecule has 0 bridgehead atoms. The van der Waals surface area contributed by atoms with Gasteiger partial charge in [0, 0.05) is 15.2 Å². The quantitative estimate of drug-likeness (QED) is 0.0494. The molecule has 0 N–H and O–H groups in total. The third-order valence-corrected chi connectivity index (χ3v) is 90.5. The summed E-state index contributed by atoms with van der Waals surface area (Å²) in [6, 6.07) is 36.6. The average Bonchev–Trinajstić information content (AvgIpc) is 1.57. The van der Waals surface area contributed by atoms with E-state index in [4.69, 9.17) is 28.1 Å². The number of hydrogen-bond donors (Lipinski definition) is 0. The predicted octanol–water partition coefficient (Wildman–Crippen LogP) is 35.1. The van der Waals surface area contributed by atoms with Gasteiger partial charge in [-0.3, -0.25) is 0 Å². The van der Waals surface area contributed by atoms with Gasteiger partial charge < -0.3 is 14.9 Å². The number of unbranched alkanes of at least 4 members (excludes halogenated alkanes) is 2. The third kappa shape index (κ3) is 22.2. The maximum absolute atomic E-state index is 7.11. The van der Waals surface area contributed by atoms with E-state index in [1.165, 1.54) is 131 Å². The van der Waals surface area contributed by atoms with Crippen LogP contribution in [0.5, 0.6) is 0 Å². The molecular weight excluding hydrogens is 1620 g/mol. The van der Waals surface area contributed by atoms with Crippen LogP contribution in [0.3, 0.4) is 0 Å². The molecule has 114 heavy (non-hydrogen) atoms. The van der Waals surface area contributed by atoms with E-state index in [-0.39, 0.29) is 47.3 Å². The van der Waals surface area contributed by atoms with Crippen molar-refractivity contribution in [2.24, 2.45) is 23.7 Å². The summed E-state index contributed by atoms with van der Waals surface area (Å²) in [6.45, 7) is 84.9. The Hall–Kier alpha value is -1.89. The topological polar surface area (TPSA) is 0 Å². The molecule has 10 unspecified atom stereocenters. The molecule has 0 aromatic heterocycles. The molecule has 632 valence electrons.